The van der Waals surface area contributed by atoms with Crippen molar-refractivity contribution in [3.05, 3.63) is 56.7 Å². The molecule has 0 unspecified atom stereocenters. The van der Waals surface area contributed by atoms with Crippen LogP contribution >= 0.6 is 0 Å². The first kappa shape index (κ1) is 10.5. The van der Waals surface area contributed by atoms with Crippen molar-refractivity contribution in [3.8, 4) is 5.69 Å². The van der Waals surface area contributed by atoms with Gasteiger partial charge in [0.05, 0.1) is 12.2 Å². The number of hydrogen-bond donors (Lipinski definition) is 2. The summed E-state index contributed by atoms with van der Waals surface area (Å²) < 4.78 is 1.29. The number of anilines is 1. The average molecular weight is 243 g/mol. The largest absolute Gasteiger partial charge is 0.363 e. The molecule has 2 heterocycles. The minimum atomic E-state index is -0.641. The molecule has 1 aliphatic heterocycles. The molecular formula is C12H9N3O3. The molecule has 0 aliphatic carbocycles. The lowest BCUT2D eigenvalue weighted by molar-refractivity contribution is 0.101. The molecule has 1 aliphatic rings. The van der Waals surface area contributed by atoms with Gasteiger partial charge in [-0.3, -0.25) is 14.6 Å². The Morgan fingerprint density at radius 1 is 1.06 bits per heavy atom. The van der Waals surface area contributed by atoms with Gasteiger partial charge in [-0.05, 0) is 12.1 Å². The highest BCUT2D eigenvalue weighted by atomic mass is 16.2. The quantitative estimate of drug-likeness (QED) is 0.745. The summed E-state index contributed by atoms with van der Waals surface area (Å²) in [6.45, 7) is 0.0364. The number of ketones is 1. The highest BCUT2D eigenvalue weighted by molar-refractivity contribution is 6.06. The first-order chi connectivity index (χ1) is 8.68. The number of carbonyl (C=O) groups excluding carboxylic acids is 1. The first-order valence-electron chi connectivity index (χ1n) is 5.40. The number of H-pyrrole nitrogens is 1. The minimum absolute atomic E-state index is 0.0125. The normalized spacial score (nSPS) is 13.2. The molecule has 0 radical (unpaired) electrons. The molecule has 6 heteroatoms. The zero-order chi connectivity index (χ0) is 12.7. The van der Waals surface area contributed by atoms with Crippen LogP contribution in [-0.2, 0) is 0 Å². The second-order valence-electron chi connectivity index (χ2n) is 3.93. The predicted octanol–water partition coefficient (Wildman–Crippen LogP) is 0.134. The molecule has 3 rings (SSSR count). The fraction of sp³-hybridized carbons (Fsp3) is 0.0833. The van der Waals surface area contributed by atoms with Gasteiger partial charge in [0.2, 0.25) is 0 Å². The van der Waals surface area contributed by atoms with Crippen LogP contribution in [0.2, 0.25) is 0 Å². The number of fused-ring (bicyclic) bond motifs is 1. The van der Waals surface area contributed by atoms with Crippen molar-refractivity contribution in [1.82, 2.24) is 9.55 Å². The molecule has 90 valence electrons. The number of para-hydroxylation sites is 1. The van der Waals surface area contributed by atoms with Crippen molar-refractivity contribution in [2.24, 2.45) is 0 Å². The standard InChI is InChI=1S/C12H9N3O3/c16-8-6-13-10-9(8)11(17)14-12(18)15(10)7-4-2-1-3-5-7/h1-5,13H,6H2,(H,14,17,18). The van der Waals surface area contributed by atoms with E-state index in [0.717, 1.165) is 0 Å². The summed E-state index contributed by atoms with van der Waals surface area (Å²) in [6.07, 6.45) is 0. The molecule has 6 nitrogen and oxygen atoms in total. The Morgan fingerprint density at radius 3 is 2.50 bits per heavy atom. The zero-order valence-corrected chi connectivity index (χ0v) is 9.27. The molecule has 0 atom stereocenters. The average Bonchev–Trinajstić information content (AvgIpc) is 2.73. The molecule has 0 spiro atoms. The predicted molar refractivity (Wildman–Crippen MR) is 65.5 cm³/mol. The maximum absolute atomic E-state index is 11.9. The van der Waals surface area contributed by atoms with Crippen molar-refractivity contribution >= 4 is 11.6 Å². The number of Topliss-reactive ketones (excluding diaryl/α,β-unsaturated/α-hetero) is 1. The summed E-state index contributed by atoms with van der Waals surface area (Å²) in [4.78, 5) is 37.2. The van der Waals surface area contributed by atoms with Crippen LogP contribution < -0.4 is 16.6 Å². The zero-order valence-electron chi connectivity index (χ0n) is 9.27. The van der Waals surface area contributed by atoms with Crippen LogP contribution in [0.5, 0.6) is 0 Å². The third-order valence-corrected chi connectivity index (χ3v) is 2.82. The summed E-state index contributed by atoms with van der Waals surface area (Å²) >= 11 is 0. The highest BCUT2D eigenvalue weighted by Gasteiger charge is 2.27. The van der Waals surface area contributed by atoms with Crippen LogP contribution in [0.1, 0.15) is 10.4 Å². The Morgan fingerprint density at radius 2 is 1.78 bits per heavy atom. The molecule has 1 aromatic carbocycles. The van der Waals surface area contributed by atoms with E-state index in [2.05, 4.69) is 10.3 Å². The lowest BCUT2D eigenvalue weighted by atomic mass is 10.2. The molecular weight excluding hydrogens is 234 g/mol. The van der Waals surface area contributed by atoms with Gasteiger partial charge in [-0.25, -0.2) is 9.36 Å². The number of carbonyl (C=O) groups is 1. The van der Waals surface area contributed by atoms with E-state index in [1.54, 1.807) is 24.3 Å². The van der Waals surface area contributed by atoms with Crippen molar-refractivity contribution in [3.63, 3.8) is 0 Å². The summed E-state index contributed by atoms with van der Waals surface area (Å²) in [5.41, 5.74) is -0.597. The van der Waals surface area contributed by atoms with E-state index in [0.29, 0.717) is 5.69 Å². The minimum Gasteiger partial charge on any atom is -0.363 e. The van der Waals surface area contributed by atoms with Gasteiger partial charge < -0.3 is 5.32 Å². The van der Waals surface area contributed by atoms with E-state index in [9.17, 15) is 14.4 Å². The molecule has 2 N–H and O–H groups in total. The maximum atomic E-state index is 11.9. The van der Waals surface area contributed by atoms with E-state index >= 15 is 0 Å². The molecule has 18 heavy (non-hydrogen) atoms. The molecule has 0 saturated carbocycles. The van der Waals surface area contributed by atoms with Crippen LogP contribution in [-0.4, -0.2) is 21.9 Å². The molecule has 0 fully saturated rings. The van der Waals surface area contributed by atoms with Gasteiger partial charge in [-0.2, -0.15) is 0 Å². The van der Waals surface area contributed by atoms with E-state index < -0.39 is 11.2 Å². The monoisotopic (exact) mass is 243 g/mol. The van der Waals surface area contributed by atoms with Crippen molar-refractivity contribution in [1.29, 1.82) is 0 Å². The second-order valence-corrected chi connectivity index (χ2v) is 3.93. The lowest BCUT2D eigenvalue weighted by Gasteiger charge is -2.10. The Balaban J connectivity index is 2.39. The third-order valence-electron chi connectivity index (χ3n) is 2.82. The SMILES string of the molecule is O=C1CNc2c1c(=O)[nH]c(=O)n2-c1ccccc1. The molecule has 1 aromatic heterocycles. The Kier molecular flexibility index (Phi) is 2.16. The van der Waals surface area contributed by atoms with Crippen molar-refractivity contribution in [2.75, 3.05) is 11.9 Å². The van der Waals surface area contributed by atoms with Crippen LogP contribution in [0, 0.1) is 0 Å². The van der Waals surface area contributed by atoms with Gasteiger partial charge in [-0.15, -0.1) is 0 Å². The summed E-state index contributed by atoms with van der Waals surface area (Å²) in [5, 5.41) is 2.79. The lowest BCUT2D eigenvalue weighted by Crippen LogP contribution is -2.32. The van der Waals surface area contributed by atoms with Crippen molar-refractivity contribution in [2.45, 2.75) is 0 Å². The Bertz CT molecular complexity index is 743. The third kappa shape index (κ3) is 1.39. The van der Waals surface area contributed by atoms with Crippen molar-refractivity contribution < 1.29 is 4.79 Å². The van der Waals surface area contributed by atoms with E-state index in [-0.39, 0.29) is 23.7 Å². The van der Waals surface area contributed by atoms with Gasteiger partial charge >= 0.3 is 5.69 Å². The molecule has 0 saturated heterocycles. The smallest absolute Gasteiger partial charge is 0.334 e. The van der Waals surface area contributed by atoms with Gasteiger partial charge in [0.1, 0.15) is 11.4 Å². The van der Waals surface area contributed by atoms with Gasteiger partial charge in [0, 0.05) is 0 Å². The second kappa shape index (κ2) is 3.69. The molecule has 0 amide bonds. The molecule has 2 aromatic rings. The number of aromatic nitrogens is 2. The van der Waals surface area contributed by atoms with Gasteiger partial charge in [0.25, 0.3) is 5.56 Å². The number of nitrogens with zero attached hydrogens (tertiary/aromatic N) is 1. The van der Waals surface area contributed by atoms with Gasteiger partial charge in [0.15, 0.2) is 5.78 Å². The van der Waals surface area contributed by atoms with Crippen LogP contribution in [0.25, 0.3) is 5.69 Å². The van der Waals surface area contributed by atoms with E-state index in [1.807, 2.05) is 6.07 Å². The number of aromatic amines is 1. The van der Waals surface area contributed by atoms with Crippen LogP contribution in [0.15, 0.2) is 39.9 Å². The number of hydrogen-bond acceptors (Lipinski definition) is 4. The van der Waals surface area contributed by atoms with E-state index in [4.69, 9.17) is 0 Å². The fourth-order valence-electron chi connectivity index (χ4n) is 2.04. The number of benzene rings is 1. The topological polar surface area (TPSA) is 84.0 Å². The highest BCUT2D eigenvalue weighted by Crippen LogP contribution is 2.19. The molecule has 0 bridgehead atoms. The Labute approximate surface area is 101 Å². The van der Waals surface area contributed by atoms with Crippen LogP contribution in [0.3, 0.4) is 0 Å². The summed E-state index contributed by atoms with van der Waals surface area (Å²) in [7, 11) is 0. The summed E-state index contributed by atoms with van der Waals surface area (Å²) in [6, 6.07) is 8.82. The summed E-state index contributed by atoms with van der Waals surface area (Å²) in [5.74, 6) is -0.0455. The first-order valence-corrected chi connectivity index (χ1v) is 5.40. The number of rotatable bonds is 1. The fourth-order valence-corrected chi connectivity index (χ4v) is 2.04. The van der Waals surface area contributed by atoms with E-state index in [1.165, 1.54) is 4.57 Å². The maximum Gasteiger partial charge on any atom is 0.334 e. The van der Waals surface area contributed by atoms with Gasteiger partial charge in [-0.1, -0.05) is 18.2 Å². The van der Waals surface area contributed by atoms with Crippen LogP contribution in [0.4, 0.5) is 5.82 Å². The Hall–Kier alpha value is -2.63. The number of nitrogens with one attached hydrogen (secondary N) is 2.